The maximum atomic E-state index is 5.19. The highest BCUT2D eigenvalue weighted by molar-refractivity contribution is 5.47. The van der Waals surface area contributed by atoms with Gasteiger partial charge in [0.1, 0.15) is 5.75 Å². The molecule has 0 atom stereocenters. The number of ether oxygens (including phenoxy) is 1. The van der Waals surface area contributed by atoms with Gasteiger partial charge in [0.2, 0.25) is 0 Å². The predicted octanol–water partition coefficient (Wildman–Crippen LogP) is 3.40. The van der Waals surface area contributed by atoms with E-state index in [4.69, 9.17) is 4.74 Å². The van der Waals surface area contributed by atoms with Gasteiger partial charge in [-0.05, 0) is 43.0 Å². The quantitative estimate of drug-likeness (QED) is 0.866. The van der Waals surface area contributed by atoms with E-state index in [0.717, 1.165) is 31.0 Å². The fourth-order valence-electron chi connectivity index (χ4n) is 2.82. The van der Waals surface area contributed by atoms with E-state index in [-0.39, 0.29) is 0 Å². The Bertz CT molecular complexity index is 643. The van der Waals surface area contributed by atoms with Gasteiger partial charge in [0.25, 0.3) is 0 Å². The standard InChI is InChI=1S/C18H23N3O/c1-20-10-4-3-5-17(20)11-16-13-21(14-19-16)12-15-6-8-18(22-2)9-7-15/h6-9,11,13-14H,3-5,10,12H2,1-2H3. The van der Waals surface area contributed by atoms with E-state index in [0.29, 0.717) is 0 Å². The molecule has 1 aliphatic rings. The summed E-state index contributed by atoms with van der Waals surface area (Å²) in [7, 11) is 3.85. The van der Waals surface area contributed by atoms with Crippen LogP contribution in [-0.4, -0.2) is 35.2 Å². The zero-order valence-corrected chi connectivity index (χ0v) is 13.3. The second-order valence-electron chi connectivity index (χ2n) is 5.83. The van der Waals surface area contributed by atoms with Crippen molar-refractivity contribution in [3.05, 3.63) is 53.7 Å². The van der Waals surface area contributed by atoms with Gasteiger partial charge in [-0.3, -0.25) is 0 Å². The lowest BCUT2D eigenvalue weighted by Crippen LogP contribution is -2.23. The molecule has 116 valence electrons. The minimum Gasteiger partial charge on any atom is -0.497 e. The van der Waals surface area contributed by atoms with Gasteiger partial charge in [0, 0.05) is 32.0 Å². The third kappa shape index (κ3) is 3.50. The zero-order chi connectivity index (χ0) is 15.4. The zero-order valence-electron chi connectivity index (χ0n) is 13.3. The van der Waals surface area contributed by atoms with Crippen molar-refractivity contribution in [2.24, 2.45) is 0 Å². The van der Waals surface area contributed by atoms with E-state index in [1.165, 1.54) is 24.1 Å². The maximum absolute atomic E-state index is 5.19. The van der Waals surface area contributed by atoms with Crippen molar-refractivity contribution in [1.82, 2.24) is 14.5 Å². The van der Waals surface area contributed by atoms with E-state index in [1.54, 1.807) is 7.11 Å². The Morgan fingerprint density at radius 1 is 1.23 bits per heavy atom. The summed E-state index contributed by atoms with van der Waals surface area (Å²) in [6, 6.07) is 8.16. The molecule has 2 heterocycles. The Hall–Kier alpha value is -2.23. The van der Waals surface area contributed by atoms with Crippen molar-refractivity contribution < 1.29 is 4.74 Å². The number of methoxy groups -OCH3 is 1. The van der Waals surface area contributed by atoms with Crippen LogP contribution < -0.4 is 4.74 Å². The largest absolute Gasteiger partial charge is 0.497 e. The summed E-state index contributed by atoms with van der Waals surface area (Å²) in [5.41, 5.74) is 3.67. The molecule has 1 aromatic carbocycles. The first kappa shape index (κ1) is 14.7. The van der Waals surface area contributed by atoms with E-state index < -0.39 is 0 Å². The maximum Gasteiger partial charge on any atom is 0.118 e. The summed E-state index contributed by atoms with van der Waals surface area (Å²) in [5.74, 6) is 0.889. The Labute approximate surface area is 132 Å². The number of benzene rings is 1. The van der Waals surface area contributed by atoms with E-state index in [1.807, 2.05) is 18.5 Å². The van der Waals surface area contributed by atoms with Crippen LogP contribution >= 0.6 is 0 Å². The number of hydrogen-bond donors (Lipinski definition) is 0. The number of aromatic nitrogens is 2. The first-order chi connectivity index (χ1) is 10.7. The van der Waals surface area contributed by atoms with Crippen LogP contribution in [-0.2, 0) is 6.54 Å². The molecule has 4 heteroatoms. The van der Waals surface area contributed by atoms with Crippen LogP contribution in [0, 0.1) is 0 Å². The second-order valence-corrected chi connectivity index (χ2v) is 5.83. The van der Waals surface area contributed by atoms with Gasteiger partial charge < -0.3 is 14.2 Å². The molecule has 2 aromatic rings. The summed E-state index contributed by atoms with van der Waals surface area (Å²) < 4.78 is 7.31. The minimum absolute atomic E-state index is 0.829. The van der Waals surface area contributed by atoms with Crippen molar-refractivity contribution in [3.63, 3.8) is 0 Å². The molecule has 0 amide bonds. The Kier molecular flexibility index (Phi) is 4.47. The van der Waals surface area contributed by atoms with Crippen LogP contribution in [0.5, 0.6) is 5.75 Å². The van der Waals surface area contributed by atoms with Crippen molar-refractivity contribution >= 4 is 6.08 Å². The third-order valence-electron chi connectivity index (χ3n) is 4.16. The summed E-state index contributed by atoms with van der Waals surface area (Å²) in [4.78, 5) is 6.85. The highest BCUT2D eigenvalue weighted by Crippen LogP contribution is 2.20. The van der Waals surface area contributed by atoms with E-state index >= 15 is 0 Å². The average molecular weight is 297 g/mol. The highest BCUT2D eigenvalue weighted by Gasteiger charge is 2.11. The molecule has 1 fully saturated rings. The molecular weight excluding hydrogens is 274 g/mol. The number of rotatable bonds is 4. The van der Waals surface area contributed by atoms with Crippen LogP contribution in [0.25, 0.3) is 6.08 Å². The lowest BCUT2D eigenvalue weighted by Gasteiger charge is -2.27. The number of allylic oxidation sites excluding steroid dienone is 1. The van der Waals surface area contributed by atoms with Crippen LogP contribution in [0.2, 0.25) is 0 Å². The molecular formula is C18H23N3O. The lowest BCUT2D eigenvalue weighted by atomic mass is 10.1. The molecule has 0 N–H and O–H groups in total. The predicted molar refractivity (Wildman–Crippen MR) is 88.8 cm³/mol. The number of hydrogen-bond acceptors (Lipinski definition) is 3. The number of imidazole rings is 1. The highest BCUT2D eigenvalue weighted by atomic mass is 16.5. The second kappa shape index (κ2) is 6.69. The summed E-state index contributed by atoms with van der Waals surface area (Å²) >= 11 is 0. The number of piperidine rings is 1. The summed E-state index contributed by atoms with van der Waals surface area (Å²) in [6.07, 6.45) is 9.95. The van der Waals surface area contributed by atoms with Crippen molar-refractivity contribution in [3.8, 4) is 5.75 Å². The molecule has 0 unspecified atom stereocenters. The first-order valence-corrected chi connectivity index (χ1v) is 7.81. The SMILES string of the molecule is COc1ccc(Cn2cnc(C=C3CCCCN3C)c2)cc1. The van der Waals surface area contributed by atoms with Gasteiger partial charge in [0.15, 0.2) is 0 Å². The Balaban J connectivity index is 1.69. The average Bonchev–Trinajstić information content (AvgIpc) is 2.97. The molecule has 3 rings (SSSR count). The molecule has 0 radical (unpaired) electrons. The van der Waals surface area contributed by atoms with E-state index in [9.17, 15) is 0 Å². The molecule has 22 heavy (non-hydrogen) atoms. The van der Waals surface area contributed by atoms with Crippen LogP contribution in [0.4, 0.5) is 0 Å². The smallest absolute Gasteiger partial charge is 0.118 e. The molecule has 4 nitrogen and oxygen atoms in total. The first-order valence-electron chi connectivity index (χ1n) is 7.81. The monoisotopic (exact) mass is 297 g/mol. The van der Waals surface area contributed by atoms with Gasteiger partial charge in [-0.25, -0.2) is 4.98 Å². The van der Waals surface area contributed by atoms with E-state index in [2.05, 4.69) is 45.9 Å². The van der Waals surface area contributed by atoms with Crippen LogP contribution in [0.15, 0.2) is 42.5 Å². The molecule has 1 aliphatic heterocycles. The topological polar surface area (TPSA) is 30.3 Å². The van der Waals surface area contributed by atoms with Gasteiger partial charge in [0.05, 0.1) is 19.1 Å². The molecule has 0 aliphatic carbocycles. The molecule has 1 saturated heterocycles. The Morgan fingerprint density at radius 2 is 2.05 bits per heavy atom. The van der Waals surface area contributed by atoms with Gasteiger partial charge in [-0.15, -0.1) is 0 Å². The molecule has 0 saturated carbocycles. The van der Waals surface area contributed by atoms with Gasteiger partial charge in [-0.1, -0.05) is 12.1 Å². The summed E-state index contributed by atoms with van der Waals surface area (Å²) in [6.45, 7) is 1.98. The van der Waals surface area contributed by atoms with Crippen molar-refractivity contribution in [2.45, 2.75) is 25.8 Å². The lowest BCUT2D eigenvalue weighted by molar-refractivity contribution is 0.348. The molecule has 1 aromatic heterocycles. The Morgan fingerprint density at radius 3 is 2.77 bits per heavy atom. The number of likely N-dealkylation sites (tertiary alicyclic amines) is 1. The summed E-state index contributed by atoms with van der Waals surface area (Å²) in [5, 5.41) is 0. The molecule has 0 spiro atoms. The fraction of sp³-hybridized carbons (Fsp3) is 0.389. The minimum atomic E-state index is 0.829. The van der Waals surface area contributed by atoms with Gasteiger partial charge >= 0.3 is 0 Å². The van der Waals surface area contributed by atoms with Crippen molar-refractivity contribution in [1.29, 1.82) is 0 Å². The van der Waals surface area contributed by atoms with Gasteiger partial charge in [-0.2, -0.15) is 0 Å². The van der Waals surface area contributed by atoms with Crippen LogP contribution in [0.1, 0.15) is 30.5 Å². The number of nitrogens with zero attached hydrogens (tertiary/aromatic N) is 3. The third-order valence-corrected chi connectivity index (χ3v) is 4.16. The normalized spacial score (nSPS) is 17.0. The fourth-order valence-corrected chi connectivity index (χ4v) is 2.82. The van der Waals surface area contributed by atoms with Crippen LogP contribution in [0.3, 0.4) is 0 Å². The molecule has 0 bridgehead atoms. The van der Waals surface area contributed by atoms with Crippen molar-refractivity contribution in [2.75, 3.05) is 20.7 Å².